The molecule has 3 rings (SSSR count). The van der Waals surface area contributed by atoms with Crippen LogP contribution < -0.4 is 4.90 Å². The number of nitrogens with zero attached hydrogens (tertiary/aromatic N) is 4. The highest BCUT2D eigenvalue weighted by atomic mass is 16.7. The van der Waals surface area contributed by atoms with Crippen LogP contribution in [-0.2, 0) is 9.63 Å². The molecule has 2 aliphatic heterocycles. The molecule has 1 aromatic carbocycles. The molecular weight excluding hydrogens is 356 g/mol. The van der Waals surface area contributed by atoms with Crippen LogP contribution in [0.15, 0.2) is 41.2 Å². The van der Waals surface area contributed by atoms with Crippen LogP contribution in [0.4, 0.5) is 5.69 Å². The van der Waals surface area contributed by atoms with E-state index in [1.165, 1.54) is 17.7 Å². The summed E-state index contributed by atoms with van der Waals surface area (Å²) in [5.41, 5.74) is 3.35. The molecule has 0 aliphatic carbocycles. The predicted molar refractivity (Wildman–Crippen MR) is 110 cm³/mol. The quantitative estimate of drug-likeness (QED) is 0.522. The number of para-hydroxylation sites is 1. The molecule has 7 nitrogen and oxygen atoms in total. The van der Waals surface area contributed by atoms with Crippen LogP contribution in [0.5, 0.6) is 0 Å². The van der Waals surface area contributed by atoms with E-state index in [-0.39, 0.29) is 24.6 Å². The van der Waals surface area contributed by atoms with E-state index in [2.05, 4.69) is 39.2 Å². The predicted octanol–water partition coefficient (Wildman–Crippen LogP) is 2.69. The number of hydrogen-bond donors (Lipinski definition) is 1. The van der Waals surface area contributed by atoms with Gasteiger partial charge in [-0.05, 0) is 25.8 Å². The molecule has 1 amide bonds. The van der Waals surface area contributed by atoms with Crippen LogP contribution in [0.25, 0.3) is 0 Å². The number of fused-ring (bicyclic) bond motifs is 3. The fourth-order valence-corrected chi connectivity index (χ4v) is 3.70. The minimum absolute atomic E-state index is 0.00150. The van der Waals surface area contributed by atoms with Gasteiger partial charge < -0.3 is 14.9 Å². The third-order valence-electron chi connectivity index (χ3n) is 5.42. The van der Waals surface area contributed by atoms with E-state index in [1.807, 2.05) is 19.3 Å². The van der Waals surface area contributed by atoms with Gasteiger partial charge in [-0.25, -0.2) is 10.1 Å². The maximum Gasteiger partial charge on any atom is 0.245 e. The van der Waals surface area contributed by atoms with Crippen molar-refractivity contribution in [3.05, 3.63) is 41.7 Å². The smallest absolute Gasteiger partial charge is 0.245 e. The molecule has 2 heterocycles. The van der Waals surface area contributed by atoms with E-state index >= 15 is 0 Å². The normalized spacial score (nSPS) is 18.6. The van der Waals surface area contributed by atoms with Gasteiger partial charge in [-0.3, -0.25) is 9.63 Å². The second-order valence-corrected chi connectivity index (χ2v) is 7.32. The Morgan fingerprint density at radius 3 is 2.86 bits per heavy atom. The van der Waals surface area contributed by atoms with Gasteiger partial charge in [-0.1, -0.05) is 24.6 Å². The van der Waals surface area contributed by atoms with Crippen LogP contribution in [0, 0.1) is 0 Å². The number of aliphatic hydroxyl groups excluding tert-OH is 1. The minimum atomic E-state index is 0.00150. The van der Waals surface area contributed by atoms with Gasteiger partial charge in [0.25, 0.3) is 0 Å². The molecule has 0 radical (unpaired) electrons. The standard InChI is InChI=1S/C21H30N4O3/c1-16(14-26)25-13-18-21(17-9-6-7-10-19(17)25)24(15-22-18)12-8-4-5-11-20(27)23(2)28-3/h6-7,9-10,13,15-16,21,26H,4-5,8,11-12,14H2,1-3H3. The van der Waals surface area contributed by atoms with E-state index in [0.717, 1.165) is 37.2 Å². The molecule has 2 unspecified atom stereocenters. The number of hydrogen-bond acceptors (Lipinski definition) is 6. The van der Waals surface area contributed by atoms with E-state index in [1.54, 1.807) is 7.05 Å². The van der Waals surface area contributed by atoms with E-state index < -0.39 is 0 Å². The average molecular weight is 386 g/mol. The molecule has 2 aliphatic rings. The fourth-order valence-electron chi connectivity index (χ4n) is 3.70. The molecule has 2 atom stereocenters. The summed E-state index contributed by atoms with van der Waals surface area (Å²) in [5.74, 6) is 0.00903. The molecule has 152 valence electrons. The van der Waals surface area contributed by atoms with E-state index in [0.29, 0.717) is 6.42 Å². The van der Waals surface area contributed by atoms with Crippen LogP contribution in [-0.4, -0.2) is 60.7 Å². The zero-order chi connectivity index (χ0) is 20.1. The number of unbranched alkanes of at least 4 members (excludes halogenated alkanes) is 2. The Morgan fingerprint density at radius 1 is 1.32 bits per heavy atom. The van der Waals surface area contributed by atoms with Gasteiger partial charge in [0.1, 0.15) is 6.04 Å². The first-order valence-electron chi connectivity index (χ1n) is 9.87. The van der Waals surface area contributed by atoms with Gasteiger partial charge in [0, 0.05) is 37.5 Å². The summed E-state index contributed by atoms with van der Waals surface area (Å²) in [5, 5.41) is 10.9. The van der Waals surface area contributed by atoms with Gasteiger partial charge in [-0.2, -0.15) is 0 Å². The second-order valence-electron chi connectivity index (χ2n) is 7.32. The largest absolute Gasteiger partial charge is 0.394 e. The molecule has 1 N–H and O–H groups in total. The van der Waals surface area contributed by atoms with Gasteiger partial charge in [0.05, 0.1) is 31.8 Å². The van der Waals surface area contributed by atoms with E-state index in [9.17, 15) is 9.90 Å². The van der Waals surface area contributed by atoms with Crippen molar-refractivity contribution in [2.75, 3.05) is 32.2 Å². The number of rotatable bonds is 9. The van der Waals surface area contributed by atoms with Gasteiger partial charge >= 0.3 is 0 Å². The van der Waals surface area contributed by atoms with Crippen molar-refractivity contribution < 1.29 is 14.7 Å². The number of hydroxylamine groups is 2. The van der Waals surface area contributed by atoms with Crippen molar-refractivity contribution >= 4 is 17.9 Å². The molecule has 0 fully saturated rings. The summed E-state index contributed by atoms with van der Waals surface area (Å²) in [4.78, 5) is 25.7. The Kier molecular flexibility index (Phi) is 6.70. The summed E-state index contributed by atoms with van der Waals surface area (Å²) < 4.78 is 0. The van der Waals surface area contributed by atoms with Crippen LogP contribution in [0.2, 0.25) is 0 Å². The minimum Gasteiger partial charge on any atom is -0.394 e. The Hall–Kier alpha value is -2.38. The summed E-state index contributed by atoms with van der Waals surface area (Å²) in [6, 6.07) is 8.45. The van der Waals surface area contributed by atoms with E-state index in [4.69, 9.17) is 4.84 Å². The monoisotopic (exact) mass is 386 g/mol. The number of aliphatic hydroxyl groups is 1. The zero-order valence-electron chi connectivity index (χ0n) is 16.9. The van der Waals surface area contributed by atoms with Crippen molar-refractivity contribution in [1.29, 1.82) is 0 Å². The lowest BCUT2D eigenvalue weighted by Crippen LogP contribution is -2.37. The molecule has 0 saturated heterocycles. The number of benzene rings is 1. The molecule has 0 aromatic heterocycles. The van der Waals surface area contributed by atoms with Crippen LogP contribution in [0.3, 0.4) is 0 Å². The summed E-state index contributed by atoms with van der Waals surface area (Å²) >= 11 is 0. The SMILES string of the molecule is CON(C)C(=O)CCCCCN1C=NC2=CN(C(C)CO)c3ccccc3C21. The maximum absolute atomic E-state index is 11.8. The highest BCUT2D eigenvalue weighted by molar-refractivity contribution is 5.74. The summed E-state index contributed by atoms with van der Waals surface area (Å²) in [6.45, 7) is 2.99. The highest BCUT2D eigenvalue weighted by Gasteiger charge is 2.34. The first-order valence-corrected chi connectivity index (χ1v) is 9.87. The number of carbonyl (C=O) groups is 1. The fraction of sp³-hybridized carbons (Fsp3) is 0.524. The van der Waals surface area contributed by atoms with Gasteiger partial charge in [-0.15, -0.1) is 0 Å². The highest BCUT2D eigenvalue weighted by Crippen LogP contribution is 2.43. The van der Waals surface area contributed by atoms with Crippen molar-refractivity contribution in [3.63, 3.8) is 0 Å². The molecule has 0 spiro atoms. The third-order valence-corrected chi connectivity index (χ3v) is 5.42. The second kappa shape index (κ2) is 9.21. The molecule has 7 heteroatoms. The van der Waals surface area contributed by atoms with Gasteiger partial charge in [0.2, 0.25) is 5.91 Å². The molecule has 0 saturated carbocycles. The summed E-state index contributed by atoms with van der Waals surface area (Å²) in [7, 11) is 3.14. The number of amides is 1. The Labute approximate surface area is 166 Å². The van der Waals surface area contributed by atoms with Crippen LogP contribution in [0.1, 0.15) is 44.2 Å². The Bertz CT molecular complexity index is 749. The number of anilines is 1. The number of aliphatic imine (C=N–C) groups is 1. The van der Waals surface area contributed by atoms with Crippen molar-refractivity contribution in [1.82, 2.24) is 9.96 Å². The van der Waals surface area contributed by atoms with Crippen molar-refractivity contribution in [3.8, 4) is 0 Å². The first kappa shape index (κ1) is 20.4. The molecular formula is C21H30N4O3. The molecule has 28 heavy (non-hydrogen) atoms. The third kappa shape index (κ3) is 4.20. The Balaban J connectivity index is 1.60. The lowest BCUT2D eigenvalue weighted by molar-refractivity contribution is -0.168. The lowest BCUT2D eigenvalue weighted by Gasteiger charge is -2.37. The lowest BCUT2D eigenvalue weighted by atomic mass is 9.96. The maximum atomic E-state index is 11.8. The Morgan fingerprint density at radius 2 is 2.11 bits per heavy atom. The molecule has 1 aromatic rings. The average Bonchev–Trinajstić information content (AvgIpc) is 3.14. The number of carbonyl (C=O) groups excluding carboxylic acids is 1. The van der Waals surface area contributed by atoms with Crippen LogP contribution >= 0.6 is 0 Å². The summed E-state index contributed by atoms with van der Waals surface area (Å²) in [6.07, 6.45) is 7.31. The van der Waals surface area contributed by atoms with Gasteiger partial charge in [0.15, 0.2) is 0 Å². The first-order chi connectivity index (χ1) is 13.6. The zero-order valence-corrected chi connectivity index (χ0v) is 16.9. The van der Waals surface area contributed by atoms with Crippen molar-refractivity contribution in [2.45, 2.75) is 44.7 Å². The van der Waals surface area contributed by atoms with Crippen molar-refractivity contribution in [2.24, 2.45) is 4.99 Å². The topological polar surface area (TPSA) is 68.6 Å². The molecule has 0 bridgehead atoms.